The van der Waals surface area contributed by atoms with E-state index in [0.717, 1.165) is 11.4 Å². The number of benzene rings is 18. The summed E-state index contributed by atoms with van der Waals surface area (Å²) in [5, 5.41) is 10.1. The van der Waals surface area contributed by atoms with Gasteiger partial charge in [0.15, 0.2) is 0 Å². The summed E-state index contributed by atoms with van der Waals surface area (Å²) in [6.07, 6.45) is 0. The van der Waals surface area contributed by atoms with Crippen LogP contribution in [0.3, 0.4) is 0 Å². The highest BCUT2D eigenvalue weighted by Crippen LogP contribution is 2.57. The van der Waals surface area contributed by atoms with Gasteiger partial charge in [-0.15, -0.1) is 0 Å². The van der Waals surface area contributed by atoms with Crippen LogP contribution in [0.1, 0.15) is 47.2 Å². The molecule has 0 amide bonds. The molecule has 4 heterocycles. The molecule has 24 rings (SSSR count). The predicted molar refractivity (Wildman–Crippen MR) is 487 cm³/mol. The molecule has 4 aromatic heterocycles. The molecule has 18 aromatic carbocycles. The van der Waals surface area contributed by atoms with E-state index in [-0.39, 0.29) is 5.41 Å². The topological polar surface area (TPSA) is 19.7 Å². The second-order valence-corrected chi connectivity index (χ2v) is 31.8. The highest BCUT2D eigenvalue weighted by molar-refractivity contribution is 6.15. The Balaban J connectivity index is 0.000000139. The fraction of sp³-hybridized carbons (Fsp3) is 0.0357. The summed E-state index contributed by atoms with van der Waals surface area (Å²) < 4.78 is 9.65. The maximum atomic E-state index is 2.45. The number of fused-ring (bicyclic) bond motifs is 18. The average Bonchev–Trinajstić information content (AvgIpc) is 1.54. The Morgan fingerprint density at radius 1 is 0.164 bits per heavy atom. The van der Waals surface area contributed by atoms with Gasteiger partial charge in [0.05, 0.1) is 49.5 Å². The molecule has 4 nitrogen and oxygen atoms in total. The zero-order valence-electron chi connectivity index (χ0n) is 64.2. The van der Waals surface area contributed by atoms with E-state index in [1.165, 1.54) is 199 Å². The molecule has 0 saturated heterocycles. The maximum absolute atomic E-state index is 2.45. The zero-order chi connectivity index (χ0) is 76.7. The number of aromatic nitrogens is 4. The third-order valence-corrected chi connectivity index (χ3v) is 25.3. The van der Waals surface area contributed by atoms with Crippen molar-refractivity contribution in [3.8, 4) is 89.5 Å². The van der Waals surface area contributed by atoms with Crippen LogP contribution in [0.5, 0.6) is 0 Å². The molecule has 0 saturated carbocycles. The molecule has 2 aliphatic rings. The van der Waals surface area contributed by atoms with Crippen LogP contribution in [0.4, 0.5) is 0 Å². The SMILES string of the molecule is CC1(C)c2ccccc2-c2ccc(-n3c4ccccc4c4cc(-c5ccc6c(c5)c5ccccc5n6-c5ccc(-c6ccccc6)cc5)ccc43)cc21.c1ccc(-n2c3ccccc3c3cc(-c4ccc5c(c4)c4ccccc4n5-c4ccc(-c5ccc6c(c5)-c5ccccc5C6(c5ccccc5)c5ccccc5)cc4)ccc32)cc1. The van der Waals surface area contributed by atoms with Gasteiger partial charge in [0, 0.05) is 71.3 Å². The van der Waals surface area contributed by atoms with Crippen LogP contribution in [0.2, 0.25) is 0 Å². The van der Waals surface area contributed by atoms with Gasteiger partial charge in [-0.2, -0.15) is 0 Å². The van der Waals surface area contributed by atoms with Gasteiger partial charge in [-0.3, -0.25) is 0 Å². The standard InChI is InChI=1S/C61H40N2.C51H36N2/c1-4-16-45(17-5-1)61(46-18-6-2-7-19-46)55-25-13-10-22-49(55)52-38-42(30-35-56(52)61)41-28-33-48(34-29-41)63-58-27-15-12-24-51(58)54-40-44(32-37-60(54)63)43-31-36-59-53(39-43)50-23-11-14-26-57(50)62(59)47-20-8-3-9-21-47;1-51(2)45-17-9-6-14-39(45)40-27-26-38(32-46(40)51)53-48-19-11-8-16-42(48)44-31-36(23-29-50(44)53)35-22-28-49-43(30-35)41-15-7-10-18-47(41)52(49)37-24-20-34(21-25-37)33-12-4-3-5-13-33/h1-40H;3-32H,1-2H3. The van der Waals surface area contributed by atoms with Crippen LogP contribution in [0.15, 0.2) is 425 Å². The van der Waals surface area contributed by atoms with Crippen molar-refractivity contribution < 1.29 is 0 Å². The minimum Gasteiger partial charge on any atom is -0.309 e. The minimum atomic E-state index is -0.400. The summed E-state index contributed by atoms with van der Waals surface area (Å²) in [7, 11) is 0. The van der Waals surface area contributed by atoms with Crippen molar-refractivity contribution in [2.75, 3.05) is 0 Å². The molecule has 0 atom stereocenters. The molecular formula is C112H76N4. The highest BCUT2D eigenvalue weighted by Gasteiger charge is 2.46. The molecule has 0 aliphatic heterocycles. The summed E-state index contributed by atoms with van der Waals surface area (Å²) in [5.41, 5.74) is 36.9. The van der Waals surface area contributed by atoms with Crippen molar-refractivity contribution in [2.24, 2.45) is 0 Å². The summed E-state index contributed by atoms with van der Waals surface area (Å²) in [4.78, 5) is 0. The zero-order valence-corrected chi connectivity index (χ0v) is 64.2. The third kappa shape index (κ3) is 10.3. The number of hydrogen-bond acceptors (Lipinski definition) is 0. The summed E-state index contributed by atoms with van der Waals surface area (Å²) in [6.45, 7) is 4.71. The van der Waals surface area contributed by atoms with Crippen molar-refractivity contribution >= 4 is 87.2 Å². The van der Waals surface area contributed by atoms with Gasteiger partial charge in [-0.25, -0.2) is 0 Å². The Morgan fingerprint density at radius 3 is 0.897 bits per heavy atom. The molecule has 0 N–H and O–H groups in total. The minimum absolute atomic E-state index is 0.0543. The Labute approximate surface area is 673 Å². The molecular weight excluding hydrogens is 1400 g/mol. The lowest BCUT2D eigenvalue weighted by molar-refractivity contribution is 0.660. The van der Waals surface area contributed by atoms with Crippen LogP contribution in [-0.2, 0) is 10.8 Å². The molecule has 2 aliphatic carbocycles. The predicted octanol–water partition coefficient (Wildman–Crippen LogP) is 29.1. The van der Waals surface area contributed by atoms with E-state index in [1.807, 2.05) is 0 Å². The lowest BCUT2D eigenvalue weighted by Crippen LogP contribution is -2.28. The second-order valence-electron chi connectivity index (χ2n) is 31.8. The summed E-state index contributed by atoms with van der Waals surface area (Å²) in [6, 6.07) is 156. The van der Waals surface area contributed by atoms with Crippen molar-refractivity contribution in [3.05, 3.63) is 458 Å². The molecule has 116 heavy (non-hydrogen) atoms. The summed E-state index contributed by atoms with van der Waals surface area (Å²) >= 11 is 0. The maximum Gasteiger partial charge on any atom is 0.0713 e. The number of rotatable bonds is 10. The van der Waals surface area contributed by atoms with Crippen LogP contribution in [-0.4, -0.2) is 18.3 Å². The molecule has 0 spiro atoms. The van der Waals surface area contributed by atoms with E-state index in [9.17, 15) is 0 Å². The summed E-state index contributed by atoms with van der Waals surface area (Å²) in [5.74, 6) is 0. The van der Waals surface area contributed by atoms with Crippen LogP contribution < -0.4 is 0 Å². The van der Waals surface area contributed by atoms with Gasteiger partial charge in [0.2, 0.25) is 0 Å². The van der Waals surface area contributed by atoms with E-state index >= 15 is 0 Å². The van der Waals surface area contributed by atoms with Gasteiger partial charge in [-0.1, -0.05) is 311 Å². The molecule has 4 heteroatoms. The Kier molecular flexibility index (Phi) is 15.2. The first-order chi connectivity index (χ1) is 57.3. The number of para-hydroxylation sites is 5. The van der Waals surface area contributed by atoms with Gasteiger partial charge in [-0.05, 0) is 228 Å². The molecule has 0 bridgehead atoms. The number of hydrogen-bond donors (Lipinski definition) is 0. The Morgan fingerprint density at radius 2 is 0.448 bits per heavy atom. The van der Waals surface area contributed by atoms with E-state index in [4.69, 9.17) is 0 Å². The fourth-order valence-electron chi connectivity index (χ4n) is 20.0. The van der Waals surface area contributed by atoms with Crippen LogP contribution >= 0.6 is 0 Å². The fourth-order valence-corrected chi connectivity index (χ4v) is 20.0. The van der Waals surface area contributed by atoms with E-state index in [0.29, 0.717) is 0 Å². The lowest BCUT2D eigenvalue weighted by atomic mass is 9.67. The van der Waals surface area contributed by atoms with Crippen LogP contribution in [0.25, 0.3) is 177 Å². The normalized spacial score (nSPS) is 13.1. The first-order valence-electron chi connectivity index (χ1n) is 40.4. The largest absolute Gasteiger partial charge is 0.309 e. The first kappa shape index (κ1) is 66.9. The second kappa shape index (κ2) is 26.4. The van der Waals surface area contributed by atoms with Crippen molar-refractivity contribution in [1.29, 1.82) is 0 Å². The van der Waals surface area contributed by atoms with E-state index in [1.54, 1.807) is 0 Å². The third-order valence-electron chi connectivity index (χ3n) is 25.3. The smallest absolute Gasteiger partial charge is 0.0713 e. The van der Waals surface area contributed by atoms with Gasteiger partial charge in [0.1, 0.15) is 0 Å². The van der Waals surface area contributed by atoms with Crippen molar-refractivity contribution in [1.82, 2.24) is 18.3 Å². The van der Waals surface area contributed by atoms with Gasteiger partial charge in [0.25, 0.3) is 0 Å². The van der Waals surface area contributed by atoms with Crippen molar-refractivity contribution in [3.63, 3.8) is 0 Å². The first-order valence-corrected chi connectivity index (χ1v) is 40.4. The molecule has 0 radical (unpaired) electrons. The average molecular weight is 1480 g/mol. The van der Waals surface area contributed by atoms with Gasteiger partial charge < -0.3 is 18.3 Å². The quantitative estimate of drug-likeness (QED) is 0.130. The monoisotopic (exact) mass is 1480 g/mol. The molecule has 544 valence electrons. The number of nitrogens with zero attached hydrogens (tertiary/aromatic N) is 4. The lowest BCUT2D eigenvalue weighted by Gasteiger charge is -2.33. The highest BCUT2D eigenvalue weighted by atomic mass is 15.0. The Bertz CT molecular complexity index is 7640. The van der Waals surface area contributed by atoms with Crippen LogP contribution in [0, 0.1) is 0 Å². The Hall–Kier alpha value is -14.8. The molecule has 0 fully saturated rings. The molecule has 0 unspecified atom stereocenters. The van der Waals surface area contributed by atoms with Gasteiger partial charge >= 0.3 is 0 Å². The van der Waals surface area contributed by atoms with E-state index in [2.05, 4.69) is 457 Å². The molecule has 22 aromatic rings. The van der Waals surface area contributed by atoms with Crippen molar-refractivity contribution in [2.45, 2.75) is 24.7 Å². The van der Waals surface area contributed by atoms with E-state index < -0.39 is 5.41 Å².